The third-order valence-corrected chi connectivity index (χ3v) is 7.94. The van der Waals surface area contributed by atoms with Gasteiger partial charge in [-0.25, -0.2) is 13.8 Å². The average Bonchev–Trinajstić information content (AvgIpc) is 3.22. The molecule has 0 atom stereocenters. The van der Waals surface area contributed by atoms with E-state index in [1.54, 1.807) is 24.2 Å². The van der Waals surface area contributed by atoms with E-state index < -0.39 is 11.6 Å². The van der Waals surface area contributed by atoms with Gasteiger partial charge in [-0.3, -0.25) is 9.69 Å². The second kappa shape index (κ2) is 10.6. The van der Waals surface area contributed by atoms with E-state index >= 15 is 0 Å². The van der Waals surface area contributed by atoms with Crippen LogP contribution in [-0.2, 0) is 11.3 Å². The highest BCUT2D eigenvalue weighted by Crippen LogP contribution is 2.34. The minimum absolute atomic E-state index is 0.0655. The number of hydrogen-bond acceptors (Lipinski definition) is 6. The predicted octanol–water partition coefficient (Wildman–Crippen LogP) is 4.29. The molecule has 2 fully saturated rings. The first kappa shape index (κ1) is 24.1. The number of imidazole rings is 1. The van der Waals surface area contributed by atoms with Crippen LogP contribution in [0.5, 0.6) is 0 Å². The molecule has 2 saturated heterocycles. The number of benzene rings is 1. The zero-order valence-electron chi connectivity index (χ0n) is 19.9. The van der Waals surface area contributed by atoms with Crippen LogP contribution in [0, 0.1) is 17.6 Å². The van der Waals surface area contributed by atoms with Crippen LogP contribution in [0.15, 0.2) is 35.7 Å². The molecule has 7 nitrogen and oxygen atoms in total. The second-order valence-electron chi connectivity index (χ2n) is 9.31. The smallest absolute Gasteiger partial charge is 0.225 e. The molecule has 3 aromatic rings. The number of aromatic nitrogens is 4. The van der Waals surface area contributed by atoms with Crippen LogP contribution in [0.4, 0.5) is 8.78 Å². The molecule has 1 amide bonds. The Kier molecular flexibility index (Phi) is 7.29. The minimum atomic E-state index is -0.876. The summed E-state index contributed by atoms with van der Waals surface area (Å²) in [5.41, 5.74) is 2.25. The lowest BCUT2D eigenvalue weighted by Gasteiger charge is -2.38. The fraction of sp³-hybridized carbons (Fsp3) is 0.520. The first-order valence-corrected chi connectivity index (χ1v) is 13.3. The normalized spacial score (nSPS) is 18.4. The van der Waals surface area contributed by atoms with Crippen LogP contribution in [0.25, 0.3) is 11.0 Å². The Hall–Kier alpha value is -2.59. The first-order valence-electron chi connectivity index (χ1n) is 12.3. The van der Waals surface area contributed by atoms with Gasteiger partial charge in [-0.15, -0.1) is 0 Å². The van der Waals surface area contributed by atoms with Crippen molar-refractivity contribution in [3.63, 3.8) is 0 Å². The van der Waals surface area contributed by atoms with E-state index in [1.807, 2.05) is 17.9 Å². The Bertz CT molecular complexity index is 1170. The third-order valence-electron chi connectivity index (χ3n) is 7.10. The number of likely N-dealkylation sites (tertiary alicyclic amines) is 2. The summed E-state index contributed by atoms with van der Waals surface area (Å²) in [5.74, 6) is -0.594. The average molecular weight is 501 g/mol. The van der Waals surface area contributed by atoms with E-state index in [0.29, 0.717) is 24.1 Å². The van der Waals surface area contributed by atoms with Gasteiger partial charge in [-0.2, -0.15) is 10.2 Å². The molecule has 4 heterocycles. The summed E-state index contributed by atoms with van der Waals surface area (Å²) in [6.45, 7) is 6.02. The first-order chi connectivity index (χ1) is 17.0. The Balaban J connectivity index is 1.20. The van der Waals surface area contributed by atoms with Crippen LogP contribution in [0.3, 0.4) is 0 Å². The molecule has 1 aromatic carbocycles. The molecule has 35 heavy (non-hydrogen) atoms. The van der Waals surface area contributed by atoms with Crippen molar-refractivity contribution < 1.29 is 13.6 Å². The molecule has 0 bridgehead atoms. The molecule has 2 aliphatic heterocycles. The van der Waals surface area contributed by atoms with E-state index in [1.165, 1.54) is 12.1 Å². The van der Waals surface area contributed by atoms with Crippen LogP contribution >= 0.6 is 11.8 Å². The second-order valence-corrected chi connectivity index (χ2v) is 10.5. The highest BCUT2D eigenvalue weighted by Gasteiger charge is 2.32. The summed E-state index contributed by atoms with van der Waals surface area (Å²) in [6.07, 6.45) is 6.79. The monoisotopic (exact) mass is 500 g/mol. The number of thioether (sulfide) groups is 1. The molecule has 10 heteroatoms. The maximum Gasteiger partial charge on any atom is 0.225 e. The van der Waals surface area contributed by atoms with E-state index in [0.717, 1.165) is 61.8 Å². The van der Waals surface area contributed by atoms with Gasteiger partial charge in [0.25, 0.3) is 0 Å². The summed E-state index contributed by atoms with van der Waals surface area (Å²) in [5, 5.41) is 8.55. The summed E-state index contributed by atoms with van der Waals surface area (Å²) >= 11 is 1.58. The summed E-state index contributed by atoms with van der Waals surface area (Å²) in [7, 11) is 0. The lowest BCUT2D eigenvalue weighted by molar-refractivity contribution is -0.138. The Labute approximate surface area is 207 Å². The molecule has 0 N–H and O–H groups in total. The largest absolute Gasteiger partial charge is 0.342 e. The van der Waals surface area contributed by atoms with Gasteiger partial charge in [0.15, 0.2) is 16.8 Å². The van der Waals surface area contributed by atoms with Gasteiger partial charge in [0, 0.05) is 49.9 Å². The van der Waals surface area contributed by atoms with E-state index in [4.69, 9.17) is 0 Å². The lowest BCUT2D eigenvalue weighted by atomic mass is 9.93. The van der Waals surface area contributed by atoms with Crippen molar-refractivity contribution >= 4 is 28.7 Å². The standard InChI is InChI=1S/C25H30F2N6OS/c1-2-35-25-30-22-13-20(26)21(27)14-23(22)33(25)19-6-11-32(12-7-19)24(34)18-4-9-31(10-5-18)16-17-3-8-28-29-15-17/h3,8,13-15,18-19H,2,4-7,9-12,16H2,1H3. The van der Waals surface area contributed by atoms with E-state index in [9.17, 15) is 13.6 Å². The molecule has 0 spiro atoms. The molecule has 0 unspecified atom stereocenters. The molecule has 2 aliphatic rings. The molecule has 186 valence electrons. The van der Waals surface area contributed by atoms with Crippen molar-refractivity contribution in [3.05, 3.63) is 47.8 Å². The third kappa shape index (κ3) is 5.18. The van der Waals surface area contributed by atoms with Crippen LogP contribution in [0.2, 0.25) is 0 Å². The van der Waals surface area contributed by atoms with Gasteiger partial charge >= 0.3 is 0 Å². The molecular formula is C25H30F2N6OS. The fourth-order valence-corrected chi connectivity index (χ4v) is 6.07. The molecule has 2 aromatic heterocycles. The summed E-state index contributed by atoms with van der Waals surface area (Å²) in [6, 6.07) is 4.52. The van der Waals surface area contributed by atoms with E-state index in [2.05, 4.69) is 24.6 Å². The minimum Gasteiger partial charge on any atom is -0.342 e. The van der Waals surface area contributed by atoms with E-state index in [-0.39, 0.29) is 17.9 Å². The number of halogens is 2. The maximum absolute atomic E-state index is 14.0. The predicted molar refractivity (Wildman–Crippen MR) is 131 cm³/mol. The number of fused-ring (bicyclic) bond motifs is 1. The van der Waals surface area contributed by atoms with Crippen LogP contribution in [-0.4, -0.2) is 67.4 Å². The van der Waals surface area contributed by atoms with Crippen molar-refractivity contribution in [2.24, 2.45) is 5.92 Å². The Morgan fingerprint density at radius 3 is 2.49 bits per heavy atom. The maximum atomic E-state index is 14.0. The molecule has 5 rings (SSSR count). The lowest BCUT2D eigenvalue weighted by Crippen LogP contribution is -2.45. The quantitative estimate of drug-likeness (QED) is 0.471. The number of carbonyl (C=O) groups is 1. The number of amides is 1. The zero-order chi connectivity index (χ0) is 24.4. The van der Waals surface area contributed by atoms with Crippen molar-refractivity contribution in [1.82, 2.24) is 29.5 Å². The van der Waals surface area contributed by atoms with Crippen molar-refractivity contribution in [2.45, 2.75) is 50.4 Å². The van der Waals surface area contributed by atoms with Crippen molar-refractivity contribution in [1.29, 1.82) is 0 Å². The van der Waals surface area contributed by atoms with Gasteiger partial charge in [0.05, 0.1) is 17.2 Å². The summed E-state index contributed by atoms with van der Waals surface area (Å²) in [4.78, 5) is 22.2. The molecule has 0 saturated carbocycles. The molecule has 0 radical (unpaired) electrons. The Morgan fingerprint density at radius 1 is 1.06 bits per heavy atom. The number of carbonyl (C=O) groups excluding carboxylic acids is 1. The van der Waals surface area contributed by atoms with Gasteiger partial charge in [0.2, 0.25) is 5.91 Å². The number of rotatable bonds is 6. The SMILES string of the molecule is CCSc1nc2cc(F)c(F)cc2n1C1CCN(C(=O)C2CCN(Cc3ccnnc3)CC2)CC1. The fourth-order valence-electron chi connectivity index (χ4n) is 5.26. The molecular weight excluding hydrogens is 470 g/mol. The summed E-state index contributed by atoms with van der Waals surface area (Å²) < 4.78 is 29.9. The highest BCUT2D eigenvalue weighted by molar-refractivity contribution is 7.99. The molecule has 0 aliphatic carbocycles. The van der Waals surface area contributed by atoms with Crippen LogP contribution < -0.4 is 0 Å². The van der Waals surface area contributed by atoms with Gasteiger partial charge in [-0.05, 0) is 56.2 Å². The van der Waals surface area contributed by atoms with Crippen molar-refractivity contribution in [3.8, 4) is 0 Å². The van der Waals surface area contributed by atoms with Crippen molar-refractivity contribution in [2.75, 3.05) is 31.9 Å². The topological polar surface area (TPSA) is 67.2 Å². The van der Waals surface area contributed by atoms with Gasteiger partial charge in [0.1, 0.15) is 0 Å². The zero-order valence-corrected chi connectivity index (χ0v) is 20.7. The number of piperidine rings is 2. The number of hydrogen-bond donors (Lipinski definition) is 0. The number of nitrogens with zero attached hydrogens (tertiary/aromatic N) is 6. The van der Waals surface area contributed by atoms with Crippen LogP contribution in [0.1, 0.15) is 44.2 Å². The van der Waals surface area contributed by atoms with Gasteiger partial charge < -0.3 is 9.47 Å². The Morgan fingerprint density at radius 2 is 1.80 bits per heavy atom. The van der Waals surface area contributed by atoms with Gasteiger partial charge in [-0.1, -0.05) is 18.7 Å². The highest BCUT2D eigenvalue weighted by atomic mass is 32.2.